The van der Waals surface area contributed by atoms with Gasteiger partial charge in [-0.2, -0.15) is 0 Å². The summed E-state index contributed by atoms with van der Waals surface area (Å²) in [7, 11) is 0. The Balaban J connectivity index is 1.66. The molecule has 1 fully saturated rings. The molecule has 3 aromatic rings. The molecule has 2 heterocycles. The number of hydrogen-bond donors (Lipinski definition) is 3. The fraction of sp³-hybridized carbons (Fsp3) is 0.478. The molecule has 3 N–H and O–H groups in total. The van der Waals surface area contributed by atoms with Crippen molar-refractivity contribution in [2.45, 2.75) is 58.0 Å². The fourth-order valence-electron chi connectivity index (χ4n) is 4.14. The van der Waals surface area contributed by atoms with Crippen molar-refractivity contribution in [3.63, 3.8) is 0 Å². The fourth-order valence-corrected chi connectivity index (χ4v) is 5.29. The molecule has 1 aliphatic carbocycles. The van der Waals surface area contributed by atoms with E-state index in [1.807, 2.05) is 12.1 Å². The van der Waals surface area contributed by atoms with Crippen LogP contribution in [0.2, 0.25) is 0 Å². The second-order valence-electron chi connectivity index (χ2n) is 8.82. The minimum Gasteiger partial charge on any atom is -0.396 e. The zero-order chi connectivity index (χ0) is 22.2. The van der Waals surface area contributed by atoms with Gasteiger partial charge in [0.05, 0.1) is 20.8 Å². The number of anilines is 1. The third kappa shape index (κ3) is 4.76. The van der Waals surface area contributed by atoms with Gasteiger partial charge in [-0.05, 0) is 70.6 Å². The first-order valence-electron chi connectivity index (χ1n) is 10.6. The van der Waals surface area contributed by atoms with Crippen LogP contribution < -0.4 is 5.32 Å². The number of aliphatic hydroxyl groups excluding tert-OH is 1. The Bertz CT molecular complexity index is 1100. The number of nitrogens with one attached hydrogen (secondary N) is 1. The molecule has 8 heteroatoms. The van der Waals surface area contributed by atoms with Crippen LogP contribution in [0.25, 0.3) is 10.2 Å². The van der Waals surface area contributed by atoms with Gasteiger partial charge in [0, 0.05) is 30.0 Å². The SMILES string of the molecule is Cc1nccc(C(=O)Nc2cc3sc([C@H]4CC[C@H](CO)CC4)nc3cc2C(C)(C)O)n1. The van der Waals surface area contributed by atoms with E-state index in [0.717, 1.165) is 40.9 Å². The maximum Gasteiger partial charge on any atom is 0.274 e. The van der Waals surface area contributed by atoms with Crippen LogP contribution >= 0.6 is 11.3 Å². The number of rotatable bonds is 5. The summed E-state index contributed by atoms with van der Waals surface area (Å²) >= 11 is 1.64. The van der Waals surface area contributed by atoms with E-state index in [4.69, 9.17) is 4.98 Å². The molecule has 1 amide bonds. The number of thiazole rings is 1. The number of nitrogens with zero attached hydrogens (tertiary/aromatic N) is 3. The summed E-state index contributed by atoms with van der Waals surface area (Å²) in [6, 6.07) is 5.34. The van der Waals surface area contributed by atoms with Gasteiger partial charge in [0.1, 0.15) is 11.5 Å². The Morgan fingerprint density at radius 1 is 1.23 bits per heavy atom. The minimum atomic E-state index is -1.15. The van der Waals surface area contributed by atoms with E-state index in [9.17, 15) is 15.0 Å². The van der Waals surface area contributed by atoms with E-state index in [-0.39, 0.29) is 18.2 Å². The zero-order valence-corrected chi connectivity index (χ0v) is 18.9. The van der Waals surface area contributed by atoms with Gasteiger partial charge in [-0.25, -0.2) is 15.0 Å². The first kappa shape index (κ1) is 21.8. The lowest BCUT2D eigenvalue weighted by atomic mass is 9.83. The van der Waals surface area contributed by atoms with Gasteiger partial charge in [-0.3, -0.25) is 4.79 Å². The summed E-state index contributed by atoms with van der Waals surface area (Å²) in [6.07, 6.45) is 5.65. The minimum absolute atomic E-state index is 0.260. The van der Waals surface area contributed by atoms with Crippen LogP contribution in [0.3, 0.4) is 0 Å². The van der Waals surface area contributed by atoms with Crippen LogP contribution in [-0.2, 0) is 5.60 Å². The average Bonchev–Trinajstić information content (AvgIpc) is 3.15. The van der Waals surface area contributed by atoms with Crippen molar-refractivity contribution < 1.29 is 15.0 Å². The van der Waals surface area contributed by atoms with E-state index in [1.54, 1.807) is 44.4 Å². The van der Waals surface area contributed by atoms with Gasteiger partial charge >= 0.3 is 0 Å². The van der Waals surface area contributed by atoms with Crippen molar-refractivity contribution in [2.75, 3.05) is 11.9 Å². The number of carbonyl (C=O) groups excluding carboxylic acids is 1. The Kier molecular flexibility index (Phi) is 6.05. The van der Waals surface area contributed by atoms with Gasteiger partial charge in [-0.1, -0.05) is 0 Å². The third-order valence-corrected chi connectivity index (χ3v) is 7.10. The van der Waals surface area contributed by atoms with Gasteiger partial charge in [-0.15, -0.1) is 11.3 Å². The van der Waals surface area contributed by atoms with Crippen LogP contribution in [0.15, 0.2) is 24.4 Å². The third-order valence-electron chi connectivity index (χ3n) is 5.91. The first-order chi connectivity index (χ1) is 14.7. The Hall–Kier alpha value is -2.42. The molecular weight excluding hydrogens is 412 g/mol. The van der Waals surface area contributed by atoms with Crippen LogP contribution in [0.4, 0.5) is 5.69 Å². The highest BCUT2D eigenvalue weighted by molar-refractivity contribution is 7.18. The molecule has 164 valence electrons. The lowest BCUT2D eigenvalue weighted by Gasteiger charge is -2.25. The lowest BCUT2D eigenvalue weighted by molar-refractivity contribution is 0.0794. The number of aromatic nitrogens is 3. The lowest BCUT2D eigenvalue weighted by Crippen LogP contribution is -2.21. The van der Waals surface area contributed by atoms with Gasteiger partial charge in [0.2, 0.25) is 0 Å². The van der Waals surface area contributed by atoms with E-state index in [0.29, 0.717) is 28.9 Å². The largest absolute Gasteiger partial charge is 0.396 e. The van der Waals surface area contributed by atoms with E-state index >= 15 is 0 Å². The number of carbonyl (C=O) groups is 1. The summed E-state index contributed by atoms with van der Waals surface area (Å²) in [6.45, 7) is 5.39. The van der Waals surface area contributed by atoms with E-state index < -0.39 is 5.60 Å². The van der Waals surface area contributed by atoms with Crippen LogP contribution in [0.1, 0.15) is 72.3 Å². The average molecular weight is 441 g/mol. The molecule has 0 radical (unpaired) electrons. The van der Waals surface area contributed by atoms with Crippen LogP contribution in [-0.4, -0.2) is 37.7 Å². The summed E-state index contributed by atoms with van der Waals surface area (Å²) in [5.41, 5.74) is 1.12. The smallest absolute Gasteiger partial charge is 0.274 e. The van der Waals surface area contributed by atoms with E-state index in [2.05, 4.69) is 15.3 Å². The summed E-state index contributed by atoms with van der Waals surface area (Å²) in [5.74, 6) is 0.976. The monoisotopic (exact) mass is 440 g/mol. The van der Waals surface area contributed by atoms with E-state index in [1.165, 1.54) is 0 Å². The molecule has 0 unspecified atom stereocenters. The molecule has 1 aliphatic rings. The molecule has 0 atom stereocenters. The quantitative estimate of drug-likeness (QED) is 0.550. The molecule has 1 aromatic carbocycles. The number of aryl methyl sites for hydroxylation is 1. The summed E-state index contributed by atoms with van der Waals surface area (Å²) < 4.78 is 0.974. The second-order valence-corrected chi connectivity index (χ2v) is 9.88. The predicted octanol–water partition coefficient (Wildman–Crippen LogP) is 4.14. The molecule has 0 bridgehead atoms. The maximum atomic E-state index is 12.8. The van der Waals surface area contributed by atoms with Crippen molar-refractivity contribution in [3.05, 3.63) is 46.5 Å². The first-order valence-corrected chi connectivity index (χ1v) is 11.5. The summed E-state index contributed by atoms with van der Waals surface area (Å²) in [5, 5.41) is 24.1. The Morgan fingerprint density at radius 2 is 1.97 bits per heavy atom. The molecule has 31 heavy (non-hydrogen) atoms. The molecule has 4 rings (SSSR count). The number of hydrogen-bond acceptors (Lipinski definition) is 7. The van der Waals surface area contributed by atoms with Crippen molar-refractivity contribution in [1.82, 2.24) is 15.0 Å². The van der Waals surface area contributed by atoms with Crippen LogP contribution in [0, 0.1) is 12.8 Å². The number of fused-ring (bicyclic) bond motifs is 1. The number of amides is 1. The van der Waals surface area contributed by atoms with Crippen molar-refractivity contribution in [1.29, 1.82) is 0 Å². The van der Waals surface area contributed by atoms with Crippen LogP contribution in [0.5, 0.6) is 0 Å². The zero-order valence-electron chi connectivity index (χ0n) is 18.1. The highest BCUT2D eigenvalue weighted by Crippen LogP contribution is 2.41. The molecule has 7 nitrogen and oxygen atoms in total. The molecule has 0 saturated heterocycles. The van der Waals surface area contributed by atoms with Crippen molar-refractivity contribution in [3.8, 4) is 0 Å². The predicted molar refractivity (Wildman–Crippen MR) is 121 cm³/mol. The normalized spacial score (nSPS) is 19.5. The number of benzene rings is 1. The highest BCUT2D eigenvalue weighted by Gasteiger charge is 2.27. The van der Waals surface area contributed by atoms with Gasteiger partial charge < -0.3 is 15.5 Å². The summed E-state index contributed by atoms with van der Waals surface area (Å²) in [4.78, 5) is 25.9. The second kappa shape index (κ2) is 8.61. The Labute approximate surface area is 185 Å². The number of aliphatic hydroxyl groups is 2. The molecule has 0 aliphatic heterocycles. The van der Waals surface area contributed by atoms with Crippen molar-refractivity contribution >= 4 is 33.1 Å². The topological polar surface area (TPSA) is 108 Å². The molecule has 1 saturated carbocycles. The molecular formula is C23H28N4O3S. The maximum absolute atomic E-state index is 12.8. The molecule has 2 aromatic heterocycles. The molecule has 0 spiro atoms. The Morgan fingerprint density at radius 3 is 2.61 bits per heavy atom. The van der Waals surface area contributed by atoms with Gasteiger partial charge in [0.15, 0.2) is 0 Å². The van der Waals surface area contributed by atoms with Crippen molar-refractivity contribution in [2.24, 2.45) is 5.92 Å². The highest BCUT2D eigenvalue weighted by atomic mass is 32.1. The standard InChI is InChI=1S/C23H28N4O3S/c1-13-24-9-8-17(25-13)21(29)26-18-11-20-19(10-16(18)23(2,3)30)27-22(31-20)15-6-4-14(12-28)5-7-15/h8-11,14-15,28,30H,4-7,12H2,1-3H3,(H,26,29)/t14-,15-. The van der Waals surface area contributed by atoms with Gasteiger partial charge in [0.25, 0.3) is 5.91 Å².